The second-order valence-electron chi connectivity index (χ2n) is 13.1. The number of aliphatic hydroxyl groups excluding tert-OH is 2. The number of carbonyl (C=O) groups excluding carboxylic acids is 1. The Balaban J connectivity index is 1.12. The van der Waals surface area contributed by atoms with Gasteiger partial charge in [-0.2, -0.15) is 9.97 Å². The second kappa shape index (κ2) is 14.5. The summed E-state index contributed by atoms with van der Waals surface area (Å²) in [5.74, 6) is 1.10. The molecule has 14 nitrogen and oxygen atoms in total. The summed E-state index contributed by atoms with van der Waals surface area (Å²) in [4.78, 5) is 33.6. The lowest BCUT2D eigenvalue weighted by atomic mass is 9.91. The number of aryl methyl sites for hydroxylation is 1. The van der Waals surface area contributed by atoms with Crippen LogP contribution >= 0.6 is 0 Å². The van der Waals surface area contributed by atoms with Crippen LogP contribution in [0, 0.1) is 0 Å². The molecule has 0 spiro atoms. The Morgan fingerprint density at radius 3 is 2.40 bits per heavy atom. The Labute approximate surface area is 299 Å². The summed E-state index contributed by atoms with van der Waals surface area (Å²) in [6.07, 6.45) is 1.52. The van der Waals surface area contributed by atoms with Crippen LogP contribution < -0.4 is 15.5 Å². The molecule has 1 amide bonds. The van der Waals surface area contributed by atoms with E-state index in [1.54, 1.807) is 41.5 Å². The molecular weight excluding hydrogens is 662 g/mol. The van der Waals surface area contributed by atoms with Gasteiger partial charge in [0, 0.05) is 55.6 Å². The molecule has 6 aromatic rings. The highest BCUT2D eigenvalue weighted by Crippen LogP contribution is 2.41. The van der Waals surface area contributed by atoms with Crippen LogP contribution in [0.3, 0.4) is 0 Å². The molecule has 0 aliphatic carbocycles. The topological polar surface area (TPSA) is 177 Å². The SMILES string of the molecule is CCc1cc([C@H]2O[C@@H](n3cnc4c(NCC(c5ccccc5)c5ccccc5)nc(N5CC[C@@H](NC(=O)c6ccncc6)C5)nc43)[C@H](O)[C@@H]2O)on1. The number of rotatable bonds is 11. The fourth-order valence-corrected chi connectivity index (χ4v) is 6.94. The zero-order valence-electron chi connectivity index (χ0n) is 28.5. The number of pyridine rings is 1. The van der Waals surface area contributed by atoms with Gasteiger partial charge >= 0.3 is 0 Å². The summed E-state index contributed by atoms with van der Waals surface area (Å²) in [5.41, 5.74) is 4.44. The van der Waals surface area contributed by atoms with Gasteiger partial charge in [0.2, 0.25) is 5.95 Å². The van der Waals surface area contributed by atoms with Gasteiger partial charge in [-0.05, 0) is 36.1 Å². The predicted molar refractivity (Wildman–Crippen MR) is 192 cm³/mol. The van der Waals surface area contributed by atoms with E-state index in [1.807, 2.05) is 48.2 Å². The average Bonchev–Trinajstić information content (AvgIpc) is 4.00. The van der Waals surface area contributed by atoms with E-state index in [2.05, 4.69) is 45.0 Å². The Bertz CT molecular complexity index is 2090. The van der Waals surface area contributed by atoms with Gasteiger partial charge in [0.25, 0.3) is 5.91 Å². The van der Waals surface area contributed by atoms with Gasteiger partial charge in [-0.25, -0.2) is 4.98 Å². The Kier molecular flexibility index (Phi) is 9.33. The third kappa shape index (κ3) is 6.59. The third-order valence-corrected chi connectivity index (χ3v) is 9.77. The zero-order chi connectivity index (χ0) is 35.6. The van der Waals surface area contributed by atoms with E-state index in [-0.39, 0.29) is 17.9 Å². The zero-order valence-corrected chi connectivity index (χ0v) is 28.5. The number of aromatic nitrogens is 6. The first-order chi connectivity index (χ1) is 25.5. The Hall–Kier alpha value is -5.70. The van der Waals surface area contributed by atoms with Crippen LogP contribution in [0.4, 0.5) is 11.8 Å². The molecule has 14 heteroatoms. The summed E-state index contributed by atoms with van der Waals surface area (Å²) in [6, 6.07) is 25.5. The van der Waals surface area contributed by atoms with Crippen LogP contribution in [-0.2, 0) is 11.2 Å². The molecule has 4 aromatic heterocycles. The number of carbonyl (C=O) groups is 1. The lowest BCUT2D eigenvalue weighted by Crippen LogP contribution is -2.37. The first-order valence-corrected chi connectivity index (χ1v) is 17.5. The summed E-state index contributed by atoms with van der Waals surface area (Å²) in [5, 5.41) is 33.1. The second-order valence-corrected chi connectivity index (χ2v) is 13.1. The van der Waals surface area contributed by atoms with E-state index >= 15 is 0 Å². The summed E-state index contributed by atoms with van der Waals surface area (Å²) in [6.45, 7) is 3.55. The predicted octanol–water partition coefficient (Wildman–Crippen LogP) is 4.02. The van der Waals surface area contributed by atoms with Crippen molar-refractivity contribution in [1.82, 2.24) is 35.0 Å². The number of hydrogen-bond acceptors (Lipinski definition) is 12. The van der Waals surface area contributed by atoms with Gasteiger partial charge in [0.05, 0.1) is 12.0 Å². The van der Waals surface area contributed by atoms with Crippen LogP contribution in [0.5, 0.6) is 0 Å². The fraction of sp³-hybridized carbons (Fsp3) is 0.316. The van der Waals surface area contributed by atoms with Crippen LogP contribution in [-0.4, -0.2) is 83.7 Å². The molecule has 2 aliphatic rings. The van der Waals surface area contributed by atoms with E-state index in [9.17, 15) is 15.0 Å². The molecule has 0 unspecified atom stereocenters. The normalized spacial score (nSPS) is 21.6. The number of hydrogen-bond donors (Lipinski definition) is 4. The highest BCUT2D eigenvalue weighted by Gasteiger charge is 2.47. The smallest absolute Gasteiger partial charge is 0.251 e. The maximum Gasteiger partial charge on any atom is 0.251 e. The molecule has 2 aromatic carbocycles. The van der Waals surface area contributed by atoms with Crippen molar-refractivity contribution < 1.29 is 24.3 Å². The van der Waals surface area contributed by atoms with Crippen molar-refractivity contribution in [2.75, 3.05) is 29.9 Å². The van der Waals surface area contributed by atoms with E-state index in [0.29, 0.717) is 66.7 Å². The molecule has 2 saturated heterocycles. The number of nitrogens with zero attached hydrogens (tertiary/aromatic N) is 7. The fourth-order valence-electron chi connectivity index (χ4n) is 6.94. The maximum atomic E-state index is 12.9. The summed E-state index contributed by atoms with van der Waals surface area (Å²) < 4.78 is 13.3. The van der Waals surface area contributed by atoms with Crippen LogP contribution in [0.25, 0.3) is 11.2 Å². The highest BCUT2D eigenvalue weighted by molar-refractivity contribution is 5.94. The molecule has 4 N–H and O–H groups in total. The Morgan fingerprint density at radius 2 is 1.71 bits per heavy atom. The molecule has 266 valence electrons. The van der Waals surface area contributed by atoms with Crippen LogP contribution in [0.1, 0.15) is 64.5 Å². The number of fused-ring (bicyclic) bond motifs is 1. The van der Waals surface area contributed by atoms with Gasteiger partial charge in [0.1, 0.15) is 18.3 Å². The number of aliphatic hydroxyl groups is 2. The number of ether oxygens (including phenoxy) is 1. The van der Waals surface area contributed by atoms with Crippen molar-refractivity contribution >= 4 is 28.8 Å². The van der Waals surface area contributed by atoms with Gasteiger partial charge in [0.15, 0.2) is 29.0 Å². The third-order valence-electron chi connectivity index (χ3n) is 9.77. The molecular formula is C38H39N9O5. The molecule has 8 rings (SSSR count). The molecule has 0 saturated carbocycles. The van der Waals surface area contributed by atoms with E-state index < -0.39 is 24.5 Å². The minimum atomic E-state index is -1.31. The molecule has 6 heterocycles. The number of amides is 1. The van der Waals surface area contributed by atoms with Crippen molar-refractivity contribution in [1.29, 1.82) is 0 Å². The minimum absolute atomic E-state index is 0.00308. The van der Waals surface area contributed by atoms with Crippen molar-refractivity contribution in [2.24, 2.45) is 0 Å². The number of nitrogens with one attached hydrogen (secondary N) is 2. The van der Waals surface area contributed by atoms with E-state index in [0.717, 1.165) is 16.8 Å². The molecule has 0 radical (unpaired) electrons. The van der Waals surface area contributed by atoms with Crippen molar-refractivity contribution in [3.63, 3.8) is 0 Å². The largest absolute Gasteiger partial charge is 0.387 e. The lowest BCUT2D eigenvalue weighted by molar-refractivity contribution is -0.0434. The molecule has 2 fully saturated rings. The quantitative estimate of drug-likeness (QED) is 0.153. The maximum absolute atomic E-state index is 12.9. The van der Waals surface area contributed by atoms with Gasteiger partial charge in [-0.3, -0.25) is 14.3 Å². The highest BCUT2D eigenvalue weighted by atomic mass is 16.6. The first-order valence-electron chi connectivity index (χ1n) is 17.5. The van der Waals surface area contributed by atoms with Crippen molar-refractivity contribution in [3.05, 3.63) is 126 Å². The molecule has 0 bridgehead atoms. The van der Waals surface area contributed by atoms with Crippen molar-refractivity contribution in [3.8, 4) is 0 Å². The van der Waals surface area contributed by atoms with Gasteiger partial charge < -0.3 is 35.0 Å². The molecule has 2 aliphatic heterocycles. The minimum Gasteiger partial charge on any atom is -0.387 e. The first kappa shape index (κ1) is 33.4. The van der Waals surface area contributed by atoms with Gasteiger partial charge in [-0.15, -0.1) is 0 Å². The van der Waals surface area contributed by atoms with Crippen molar-refractivity contribution in [2.45, 2.75) is 56.3 Å². The molecule has 5 atom stereocenters. The van der Waals surface area contributed by atoms with E-state index in [4.69, 9.17) is 24.2 Å². The average molecular weight is 702 g/mol. The van der Waals surface area contributed by atoms with Crippen LogP contribution in [0.15, 0.2) is 102 Å². The number of benzene rings is 2. The van der Waals surface area contributed by atoms with Crippen LogP contribution in [0.2, 0.25) is 0 Å². The summed E-state index contributed by atoms with van der Waals surface area (Å²) in [7, 11) is 0. The molecule has 52 heavy (non-hydrogen) atoms. The monoisotopic (exact) mass is 701 g/mol. The standard InChI is InChI=1S/C38H39N9O5/c1-2-26-19-29(52-45-26)33-31(48)32(49)37(51-33)47-22-41-30-34(40-20-28(23-9-5-3-6-10-23)24-11-7-4-8-12-24)43-38(44-35(30)47)46-18-15-27(21-46)42-36(50)25-13-16-39-17-14-25/h3-14,16-17,19,22,27-28,31-33,37,48-49H,2,15,18,20-21H2,1H3,(H,42,50)(H,40,43,44)/t27-,31+,32-,33-,37-/m1/s1. The lowest BCUT2D eigenvalue weighted by Gasteiger charge is -2.22. The Morgan fingerprint density at radius 1 is 0.981 bits per heavy atom. The van der Waals surface area contributed by atoms with Gasteiger partial charge in [-0.1, -0.05) is 72.7 Å². The number of imidazole rings is 1. The summed E-state index contributed by atoms with van der Waals surface area (Å²) >= 11 is 0. The number of anilines is 2. The van der Waals surface area contributed by atoms with E-state index in [1.165, 1.54) is 0 Å².